The topological polar surface area (TPSA) is 428 Å². The zero-order chi connectivity index (χ0) is 92.4. The first kappa shape index (κ1) is 111. The fourth-order valence-electron chi connectivity index (χ4n) is 16.4. The number of nitrogens with zero attached hydrogens (tertiary/aromatic N) is 2. The van der Waals surface area contributed by atoms with E-state index >= 15 is 0 Å². The standard InChI is InChI=1S/C18H21BrN2O3S.C16H17BrN2O4.C16H17BrN2O3S.C14H15BrO3.C8H7BrO2.C6H10O2.C6H8O2.C3H4O.CH3I.CH3NO.CH4O.HI.H3N/c1-21-16(22)18(20-17(21)25-2)9-15(11-4-3-7-23-10-11)24-14-6-5-12(19)8-13(14)18;17-10-3-4-12-11(6-10)16(14(20)18-15(21)19-16)7-13(23-12)9-2-1-5-22-8-9;17-10-3-4-12-11(6-10)16(14(20)18-15(23)19-16)7-13(22-12)9-2-1-5-21-8-9;15-10-3-4-13-11(6-10)12(16)7-14(18-13)9-2-1-5-17-8-9;1-5(10)7-4-6(9)2-3-8(7)11;2*7-4-6-2-1-3-8-5-6;1-2-3-4;1-2;2-1-3;1-2;;/h5-6,8,11,15H,3-4,7,9-10H2,1-2H3;3-4,6,9,13H,1-2,5,7-8H2,(H2,18,19,20,21);3-4,6,9,13H,1-2,5,7-8H2,(H2,18,19,20,23);3-4,6,9,14H,1-2,5,7-8H2;2-4,11H,1H3;4,6H,1-3,5H2;2,4H,1,3,5H2;2-3H,1H2;1H3;1H,(H2,2,3);2H,1H3;1H;1H3. The zero-order valence-corrected chi connectivity index (χ0v) is 86.4. The van der Waals surface area contributed by atoms with Crippen molar-refractivity contribution < 1.29 is 106 Å². The third-order valence-corrected chi connectivity index (χ3v) is 25.9. The molecule has 13 heterocycles. The number of amides is 6. The number of rotatable bonds is 8. The van der Waals surface area contributed by atoms with Gasteiger partial charge in [0.25, 0.3) is 17.7 Å². The highest BCUT2D eigenvalue weighted by atomic mass is 127. The van der Waals surface area contributed by atoms with Crippen LogP contribution in [0.4, 0.5) is 4.79 Å². The molecule has 12 unspecified atom stereocenters. The molecule has 5 aromatic carbocycles. The minimum atomic E-state index is -1.06. The molecule has 13 aliphatic heterocycles. The zero-order valence-electron chi connectivity index (χ0n) is 72.4. The van der Waals surface area contributed by atoms with Crippen molar-refractivity contribution in [2.24, 2.45) is 40.3 Å². The fraction of sp³-hybridized carbons (Fsp3) is 0.489. The Hall–Kier alpha value is -6.27. The van der Waals surface area contributed by atoms with Crippen LogP contribution in [0.25, 0.3) is 0 Å². The van der Waals surface area contributed by atoms with E-state index < -0.39 is 22.6 Å². The SMILES string of the molecule is C=CC=O.CC(=O)c1cc(Br)ccc1O.CI.CO.CSC1=NC2(CC(C3CCCOC3)Oc3ccc(Br)cc32)C(=O)N1C.I.N.NC=O.O=C1CC(C2CCCOC2)Oc2ccc(Br)cc21.O=C1NC(=O)C2(CC(C3CCCOC3)Oc3ccc(Br)cc32)N1.O=C1NC(=S)NC12CC(C1CCCOC1)Oc1ccc(Br)cc12.O=CC1=CCCOC1.O=CC1CCCOC1. The molecule has 0 radical (unpaired) electrons. The molecule has 3 spiro atoms. The Morgan fingerprint density at radius 3 is 1.39 bits per heavy atom. The summed E-state index contributed by atoms with van der Waals surface area (Å²) in [6, 6.07) is 27.1. The second-order valence-corrected chi connectivity index (χ2v) is 36.6. The van der Waals surface area contributed by atoms with Gasteiger partial charge in [0.2, 0.25) is 6.41 Å². The summed E-state index contributed by atoms with van der Waals surface area (Å²) in [5.74, 6) is 3.89. The summed E-state index contributed by atoms with van der Waals surface area (Å²) >= 11 is 25.9. The highest BCUT2D eigenvalue weighted by Gasteiger charge is 2.58. The van der Waals surface area contributed by atoms with Crippen molar-refractivity contribution >= 4 is 221 Å². The lowest BCUT2D eigenvalue weighted by molar-refractivity contribution is -0.133. The van der Waals surface area contributed by atoms with Crippen LogP contribution in [0.15, 0.2) is 143 Å². The van der Waals surface area contributed by atoms with Crippen LogP contribution in [0, 0.1) is 29.6 Å². The molecule has 5 aromatic rings. The fourth-order valence-corrected chi connectivity index (χ4v) is 19.0. The van der Waals surface area contributed by atoms with E-state index in [0.717, 1.165) is 186 Å². The summed E-state index contributed by atoms with van der Waals surface area (Å²) in [6.07, 6.45) is 20.8. The number of aliphatic hydroxyl groups is 1. The molecule has 129 heavy (non-hydrogen) atoms. The molecule has 0 bridgehead atoms. The molecule has 18 rings (SSSR count). The van der Waals surface area contributed by atoms with Crippen molar-refractivity contribution in [1.29, 1.82) is 0 Å². The summed E-state index contributed by atoms with van der Waals surface area (Å²) in [5, 5.41) is 28.4. The lowest BCUT2D eigenvalue weighted by Gasteiger charge is -2.41. The van der Waals surface area contributed by atoms with E-state index in [2.05, 4.69) is 136 Å². The van der Waals surface area contributed by atoms with Crippen molar-refractivity contribution in [1.82, 2.24) is 32.3 Å². The number of ether oxygens (including phenoxy) is 10. The number of thiocarbonyl (C=S) groups is 1. The maximum Gasteiger partial charge on any atom is 0.322 e. The number of benzene rings is 5. The number of amidine groups is 1. The highest BCUT2D eigenvalue weighted by molar-refractivity contribution is 14.1. The number of alkyl halides is 1. The molecule has 0 saturated carbocycles. The Labute approximate surface area is 834 Å². The van der Waals surface area contributed by atoms with Crippen LogP contribution in [0.1, 0.15) is 141 Å². The predicted octanol–water partition coefficient (Wildman–Crippen LogP) is 15.3. The van der Waals surface area contributed by atoms with Crippen LogP contribution in [0.2, 0.25) is 0 Å². The van der Waals surface area contributed by atoms with Gasteiger partial charge in [0.15, 0.2) is 38.5 Å². The van der Waals surface area contributed by atoms with Gasteiger partial charge in [-0.25, -0.2) is 9.79 Å². The normalized spacial score (nSPS) is 26.0. The van der Waals surface area contributed by atoms with E-state index in [4.69, 9.17) is 84.4 Å². The summed E-state index contributed by atoms with van der Waals surface area (Å²) in [4.78, 5) is 120. The number of aromatic hydroxyl groups is 1. The number of halogens is 7. The molecule has 0 aliphatic carbocycles. The van der Waals surface area contributed by atoms with Gasteiger partial charge in [0.1, 0.15) is 72.0 Å². The summed E-state index contributed by atoms with van der Waals surface area (Å²) in [5.41, 5.74) is 5.57. The Balaban J connectivity index is 0.000000234. The van der Waals surface area contributed by atoms with Crippen LogP contribution in [0.3, 0.4) is 0 Å². The van der Waals surface area contributed by atoms with Gasteiger partial charge in [-0.2, -0.15) is 0 Å². The van der Waals surface area contributed by atoms with Crippen molar-refractivity contribution in [3.05, 3.63) is 165 Å². The summed E-state index contributed by atoms with van der Waals surface area (Å²) in [6.45, 7) is 13.2. The number of imide groups is 1. The third kappa shape index (κ3) is 30.4. The molecule has 706 valence electrons. The first-order valence-corrected chi connectivity index (χ1v) is 49.2. The number of likely N-dealkylation sites (N-methyl/N-ethyl adjacent to an activating group) is 1. The number of aldehydes is 3. The van der Waals surface area contributed by atoms with Crippen LogP contribution < -0.4 is 52.1 Å². The second-order valence-electron chi connectivity index (χ2n) is 30.9. The minimum absolute atomic E-state index is 0. The third-order valence-electron chi connectivity index (χ3n) is 22.5. The number of carbonyl (C=O) groups excluding carboxylic acids is 10. The van der Waals surface area contributed by atoms with Gasteiger partial charge in [0.05, 0.1) is 57.4 Å². The van der Waals surface area contributed by atoms with Gasteiger partial charge in [-0.15, -0.1) is 24.0 Å². The number of carbonyl (C=O) groups is 10. The lowest BCUT2D eigenvalue weighted by Crippen LogP contribution is -2.52. The van der Waals surface area contributed by atoms with Gasteiger partial charge < -0.3 is 90.2 Å². The Kier molecular flexibility index (Phi) is 48.5. The van der Waals surface area contributed by atoms with Gasteiger partial charge >= 0.3 is 6.03 Å². The molecule has 0 aromatic heterocycles. The van der Waals surface area contributed by atoms with E-state index in [1.54, 1.807) is 24.1 Å². The summed E-state index contributed by atoms with van der Waals surface area (Å²) < 4.78 is 61.4. The summed E-state index contributed by atoms with van der Waals surface area (Å²) in [7, 11) is 2.80. The number of thioether (sulfide) groups is 1. The number of nitrogens with one attached hydrogen (secondary N) is 4. The first-order chi connectivity index (χ1) is 61.3. The van der Waals surface area contributed by atoms with Crippen LogP contribution >= 0.6 is 150 Å². The molecule has 6 amide bonds. The van der Waals surface area contributed by atoms with Crippen molar-refractivity contribution in [3.8, 4) is 28.7 Å². The molecular formula is C90H113Br5I2N8O22S2. The van der Waals surface area contributed by atoms with Gasteiger partial charge in [0, 0.05) is 147 Å². The number of Topliss-reactive ketones (excluding diaryl/α,β-unsaturated/α-hetero) is 2. The first-order valence-electron chi connectivity index (χ1n) is 41.4. The number of primary amides is 1. The van der Waals surface area contributed by atoms with E-state index in [0.29, 0.717) is 123 Å². The molecule has 39 heteroatoms. The Morgan fingerprint density at radius 1 is 0.597 bits per heavy atom. The Morgan fingerprint density at radius 2 is 1.02 bits per heavy atom. The molecule has 7 saturated heterocycles. The number of allylic oxidation sites excluding steroid dienone is 1. The molecule has 7 fully saturated rings. The van der Waals surface area contributed by atoms with Crippen molar-refractivity contribution in [3.63, 3.8) is 0 Å². The number of nitrogens with two attached hydrogens (primary N) is 1. The van der Waals surface area contributed by atoms with Gasteiger partial charge in [-0.3, -0.25) is 48.6 Å². The van der Waals surface area contributed by atoms with Crippen molar-refractivity contribution in [2.75, 3.05) is 105 Å². The largest absolute Gasteiger partial charge is 0.507 e. The molecule has 30 nitrogen and oxygen atoms in total. The monoisotopic (exact) mass is 2370 g/mol. The molecule has 11 N–H and O–H groups in total. The van der Waals surface area contributed by atoms with Crippen LogP contribution in [-0.2, 0) is 78.6 Å². The second kappa shape index (κ2) is 56.2. The molecule has 12 atom stereocenters. The maximum absolute atomic E-state index is 13.2. The number of aliphatic imine (C=N–C) groups is 1. The van der Waals surface area contributed by atoms with Gasteiger partial charge in [-0.1, -0.05) is 127 Å². The van der Waals surface area contributed by atoms with Crippen LogP contribution in [0.5, 0.6) is 28.7 Å². The average molecular weight is 2380 g/mol. The van der Waals surface area contributed by atoms with Gasteiger partial charge in [-0.05, 0) is 198 Å². The Bertz CT molecular complexity index is 4570. The van der Waals surface area contributed by atoms with E-state index in [9.17, 15) is 38.4 Å². The maximum atomic E-state index is 13.2. The van der Waals surface area contributed by atoms with E-state index in [1.165, 1.54) is 30.8 Å². The minimum Gasteiger partial charge on any atom is -0.507 e. The van der Waals surface area contributed by atoms with Crippen LogP contribution in [-0.4, -0.2) is 215 Å². The lowest BCUT2D eigenvalue weighted by atomic mass is 9.78. The number of aliphatic hydroxyl groups excluding tert-OH is 1. The number of hydrogen-bond acceptors (Lipinski definition) is 26. The van der Waals surface area contributed by atoms with E-state index in [1.807, 2.05) is 90.1 Å². The molecular weight excluding hydrogens is 2260 g/mol. The van der Waals surface area contributed by atoms with E-state index in [-0.39, 0.29) is 108 Å². The average Bonchev–Trinajstić information content (AvgIpc) is 1.73. The quantitative estimate of drug-likeness (QED) is 0.0136. The number of fused-ring (bicyclic) bond motifs is 7. The van der Waals surface area contributed by atoms with Crippen molar-refractivity contribution in [2.45, 2.75) is 144 Å². The number of phenolic OH excluding ortho intramolecular Hbond substituents is 1. The number of hydrogen-bond donors (Lipinski definition) is 8. The smallest absolute Gasteiger partial charge is 0.322 e. The predicted molar refractivity (Wildman–Crippen MR) is 531 cm³/mol. The highest BCUT2D eigenvalue weighted by Crippen LogP contribution is 2.51. The number of urea groups is 1. The number of phenols is 1. The number of ketones is 2. The molecule has 13 aliphatic rings.